The van der Waals surface area contributed by atoms with Gasteiger partial charge in [0.15, 0.2) is 6.10 Å². The normalized spacial score (nSPS) is 15.6. The van der Waals surface area contributed by atoms with Crippen molar-refractivity contribution in [2.45, 2.75) is 39.2 Å². The molecule has 1 heterocycles. The van der Waals surface area contributed by atoms with E-state index in [4.69, 9.17) is 9.47 Å². The minimum absolute atomic E-state index is 0.110. The van der Waals surface area contributed by atoms with Crippen LogP contribution in [0.5, 0.6) is 11.5 Å². The van der Waals surface area contributed by atoms with E-state index in [2.05, 4.69) is 5.32 Å². The number of nitrogens with one attached hydrogen (secondary N) is 1. The standard InChI is InChI=1S/C22H26N2O4/c1-3-15-27-19-11-7-5-9-16(19)23-21(25)13-14-24-17-10-6-8-12-20(17)28-18(4-2)22(24)26/h5-12,18H,3-4,13-15H2,1-2H3,(H,23,25). The molecule has 1 aliphatic rings. The van der Waals surface area contributed by atoms with E-state index in [1.54, 1.807) is 4.90 Å². The highest BCUT2D eigenvalue weighted by molar-refractivity contribution is 6.01. The number of nitrogens with zero attached hydrogens (tertiary/aromatic N) is 1. The van der Waals surface area contributed by atoms with Crippen molar-refractivity contribution < 1.29 is 19.1 Å². The average molecular weight is 382 g/mol. The molecular weight excluding hydrogens is 356 g/mol. The van der Waals surface area contributed by atoms with E-state index in [9.17, 15) is 9.59 Å². The van der Waals surface area contributed by atoms with Crippen molar-refractivity contribution in [3.8, 4) is 11.5 Å². The minimum atomic E-state index is -0.513. The van der Waals surface area contributed by atoms with Gasteiger partial charge in [0.05, 0.1) is 18.0 Å². The van der Waals surface area contributed by atoms with Gasteiger partial charge in [0.25, 0.3) is 5.91 Å². The molecule has 148 valence electrons. The van der Waals surface area contributed by atoms with Gasteiger partial charge in [-0.2, -0.15) is 0 Å². The number of hydrogen-bond acceptors (Lipinski definition) is 4. The van der Waals surface area contributed by atoms with E-state index in [0.29, 0.717) is 42.4 Å². The smallest absolute Gasteiger partial charge is 0.268 e. The third kappa shape index (κ3) is 4.44. The highest BCUT2D eigenvalue weighted by Gasteiger charge is 2.33. The summed E-state index contributed by atoms with van der Waals surface area (Å²) in [4.78, 5) is 26.9. The summed E-state index contributed by atoms with van der Waals surface area (Å²) in [5.41, 5.74) is 1.35. The van der Waals surface area contributed by atoms with Crippen LogP contribution in [0.3, 0.4) is 0 Å². The van der Waals surface area contributed by atoms with Crippen LogP contribution in [0.15, 0.2) is 48.5 Å². The van der Waals surface area contributed by atoms with E-state index in [-0.39, 0.29) is 18.2 Å². The predicted molar refractivity (Wildman–Crippen MR) is 109 cm³/mol. The van der Waals surface area contributed by atoms with Gasteiger partial charge in [-0.3, -0.25) is 9.59 Å². The Balaban J connectivity index is 1.67. The van der Waals surface area contributed by atoms with E-state index < -0.39 is 6.10 Å². The molecule has 0 radical (unpaired) electrons. The van der Waals surface area contributed by atoms with E-state index in [0.717, 1.165) is 6.42 Å². The van der Waals surface area contributed by atoms with E-state index >= 15 is 0 Å². The number of ether oxygens (including phenoxy) is 2. The molecule has 1 N–H and O–H groups in total. The maximum atomic E-state index is 12.7. The van der Waals surface area contributed by atoms with Crippen molar-refractivity contribution in [2.24, 2.45) is 0 Å². The van der Waals surface area contributed by atoms with Gasteiger partial charge in [-0.25, -0.2) is 0 Å². The fourth-order valence-electron chi connectivity index (χ4n) is 3.10. The van der Waals surface area contributed by atoms with Crippen molar-refractivity contribution >= 4 is 23.2 Å². The molecule has 6 heteroatoms. The molecule has 1 atom stereocenters. The maximum Gasteiger partial charge on any atom is 0.268 e. The van der Waals surface area contributed by atoms with Crippen LogP contribution in [0.1, 0.15) is 33.1 Å². The van der Waals surface area contributed by atoms with Crippen LogP contribution < -0.4 is 19.7 Å². The quantitative estimate of drug-likeness (QED) is 0.749. The fraction of sp³-hybridized carbons (Fsp3) is 0.364. The first-order valence-electron chi connectivity index (χ1n) is 9.72. The Hall–Kier alpha value is -3.02. The molecule has 0 fully saturated rings. The molecule has 0 spiro atoms. The van der Waals surface area contributed by atoms with Crippen LogP contribution in [0.25, 0.3) is 0 Å². The molecular formula is C22H26N2O4. The zero-order chi connectivity index (χ0) is 19.9. The summed E-state index contributed by atoms with van der Waals surface area (Å²) in [5.74, 6) is 1.04. The topological polar surface area (TPSA) is 67.9 Å². The third-order valence-electron chi connectivity index (χ3n) is 4.52. The molecule has 0 saturated carbocycles. The summed E-state index contributed by atoms with van der Waals surface area (Å²) >= 11 is 0. The molecule has 28 heavy (non-hydrogen) atoms. The zero-order valence-electron chi connectivity index (χ0n) is 16.3. The Labute approximate surface area is 165 Å². The Kier molecular flexibility index (Phi) is 6.53. The second-order valence-corrected chi connectivity index (χ2v) is 6.62. The van der Waals surface area contributed by atoms with Gasteiger partial charge < -0.3 is 19.7 Å². The number of hydrogen-bond donors (Lipinski definition) is 1. The maximum absolute atomic E-state index is 12.7. The number of fused-ring (bicyclic) bond motifs is 1. The predicted octanol–water partition coefficient (Wildman–Crippen LogP) is 4.01. The lowest BCUT2D eigenvalue weighted by molar-refractivity contribution is -0.126. The van der Waals surface area contributed by atoms with Crippen LogP contribution in [0.4, 0.5) is 11.4 Å². The molecule has 1 unspecified atom stereocenters. The molecule has 2 aromatic rings. The number of rotatable bonds is 8. The van der Waals surface area contributed by atoms with Gasteiger partial charge in [-0.15, -0.1) is 0 Å². The van der Waals surface area contributed by atoms with Crippen molar-refractivity contribution in [3.05, 3.63) is 48.5 Å². The highest BCUT2D eigenvalue weighted by atomic mass is 16.5. The first-order chi connectivity index (χ1) is 13.6. The Morgan fingerprint density at radius 2 is 1.89 bits per heavy atom. The number of benzene rings is 2. The molecule has 0 aromatic heterocycles. The molecule has 3 rings (SSSR count). The van der Waals surface area contributed by atoms with Gasteiger partial charge in [-0.1, -0.05) is 38.1 Å². The number of anilines is 2. The van der Waals surface area contributed by atoms with Crippen molar-refractivity contribution in [2.75, 3.05) is 23.4 Å². The summed E-state index contributed by atoms with van der Waals surface area (Å²) in [5, 5.41) is 2.89. The van der Waals surface area contributed by atoms with Gasteiger partial charge in [0.1, 0.15) is 11.5 Å². The number of carbonyl (C=O) groups excluding carboxylic acids is 2. The molecule has 0 aliphatic carbocycles. The number of para-hydroxylation sites is 4. The van der Waals surface area contributed by atoms with Gasteiger partial charge in [0, 0.05) is 13.0 Å². The first kappa shape index (κ1) is 19.7. The third-order valence-corrected chi connectivity index (χ3v) is 4.52. The molecule has 0 saturated heterocycles. The summed E-state index contributed by atoms with van der Waals surface area (Å²) < 4.78 is 11.4. The van der Waals surface area contributed by atoms with Gasteiger partial charge >= 0.3 is 0 Å². The first-order valence-corrected chi connectivity index (χ1v) is 9.72. The zero-order valence-corrected chi connectivity index (χ0v) is 16.3. The minimum Gasteiger partial charge on any atom is -0.491 e. The number of carbonyl (C=O) groups is 2. The average Bonchev–Trinajstić information content (AvgIpc) is 2.72. The van der Waals surface area contributed by atoms with Crippen molar-refractivity contribution in [1.29, 1.82) is 0 Å². The molecule has 2 amide bonds. The highest BCUT2D eigenvalue weighted by Crippen LogP contribution is 2.34. The largest absolute Gasteiger partial charge is 0.491 e. The van der Waals surface area contributed by atoms with Crippen LogP contribution in [-0.4, -0.2) is 31.1 Å². The van der Waals surface area contributed by atoms with E-state index in [1.165, 1.54) is 0 Å². The summed E-state index contributed by atoms with van der Waals surface area (Å²) in [6.45, 7) is 4.82. The van der Waals surface area contributed by atoms with Gasteiger partial charge in [-0.05, 0) is 37.1 Å². The second kappa shape index (κ2) is 9.26. The Morgan fingerprint density at radius 1 is 1.14 bits per heavy atom. The summed E-state index contributed by atoms with van der Waals surface area (Å²) in [7, 11) is 0. The van der Waals surface area contributed by atoms with Crippen LogP contribution >= 0.6 is 0 Å². The van der Waals surface area contributed by atoms with Crippen LogP contribution in [-0.2, 0) is 9.59 Å². The lowest BCUT2D eigenvalue weighted by Gasteiger charge is -2.33. The molecule has 1 aliphatic heterocycles. The molecule has 2 aromatic carbocycles. The fourth-order valence-corrected chi connectivity index (χ4v) is 3.10. The van der Waals surface area contributed by atoms with Crippen LogP contribution in [0, 0.1) is 0 Å². The Bertz CT molecular complexity index is 837. The molecule has 6 nitrogen and oxygen atoms in total. The van der Waals surface area contributed by atoms with Crippen molar-refractivity contribution in [1.82, 2.24) is 0 Å². The monoisotopic (exact) mass is 382 g/mol. The Morgan fingerprint density at radius 3 is 2.68 bits per heavy atom. The lowest BCUT2D eigenvalue weighted by Crippen LogP contribution is -2.46. The number of amides is 2. The van der Waals surface area contributed by atoms with Gasteiger partial charge in [0.2, 0.25) is 5.91 Å². The van der Waals surface area contributed by atoms with Crippen LogP contribution in [0.2, 0.25) is 0 Å². The summed E-state index contributed by atoms with van der Waals surface area (Å²) in [6.07, 6.45) is 1.14. The summed E-state index contributed by atoms with van der Waals surface area (Å²) in [6, 6.07) is 14.8. The van der Waals surface area contributed by atoms with E-state index in [1.807, 2.05) is 62.4 Å². The SMILES string of the molecule is CCCOc1ccccc1NC(=O)CCN1C(=O)C(CC)Oc2ccccc21. The second-order valence-electron chi connectivity index (χ2n) is 6.62. The van der Waals surface area contributed by atoms with Crippen molar-refractivity contribution in [3.63, 3.8) is 0 Å². The lowest BCUT2D eigenvalue weighted by atomic mass is 10.1. The molecule has 0 bridgehead atoms.